The van der Waals surface area contributed by atoms with Gasteiger partial charge in [-0.2, -0.15) is 0 Å². The van der Waals surface area contributed by atoms with Gasteiger partial charge in [0.1, 0.15) is 5.75 Å². The molecule has 0 spiro atoms. The highest BCUT2D eigenvalue weighted by atomic mass is 16.5. The molecule has 0 fully saturated rings. The molecule has 2 aromatic rings. The topological polar surface area (TPSA) is 68.8 Å². The van der Waals surface area contributed by atoms with E-state index in [1.165, 1.54) is 5.56 Å². The molecule has 2 amide bonds. The van der Waals surface area contributed by atoms with E-state index in [4.69, 9.17) is 14.2 Å². The minimum absolute atomic E-state index is 0.0731. The first-order chi connectivity index (χ1) is 12.5. The van der Waals surface area contributed by atoms with Crippen LogP contribution in [0.1, 0.15) is 25.0 Å². The summed E-state index contributed by atoms with van der Waals surface area (Å²) in [5, 5.41) is 5.41. The maximum atomic E-state index is 12.0. The second-order valence-electron chi connectivity index (χ2n) is 5.69. The molecule has 0 radical (unpaired) electrons. The van der Waals surface area contributed by atoms with Gasteiger partial charge in [-0.15, -0.1) is 0 Å². The summed E-state index contributed by atoms with van der Waals surface area (Å²) in [6, 6.07) is 10.7. The van der Waals surface area contributed by atoms with Crippen molar-refractivity contribution in [1.82, 2.24) is 5.32 Å². The van der Waals surface area contributed by atoms with E-state index < -0.39 is 0 Å². The largest absolute Gasteiger partial charge is 0.490 e. The van der Waals surface area contributed by atoms with Gasteiger partial charge < -0.3 is 24.8 Å². The second kappa shape index (κ2) is 9.56. The maximum absolute atomic E-state index is 12.0. The zero-order chi connectivity index (χ0) is 18.9. The summed E-state index contributed by atoms with van der Waals surface area (Å²) in [6.45, 7) is 8.99. The second-order valence-corrected chi connectivity index (χ2v) is 5.69. The lowest BCUT2D eigenvalue weighted by atomic mass is 10.1. The monoisotopic (exact) mass is 358 g/mol. The van der Waals surface area contributed by atoms with Crippen molar-refractivity contribution in [3.05, 3.63) is 47.5 Å². The number of ether oxygens (including phenoxy) is 3. The number of rotatable bonds is 8. The van der Waals surface area contributed by atoms with Crippen LogP contribution in [-0.4, -0.2) is 26.0 Å². The van der Waals surface area contributed by atoms with Crippen LogP contribution in [0.25, 0.3) is 0 Å². The fourth-order valence-electron chi connectivity index (χ4n) is 2.29. The van der Waals surface area contributed by atoms with Crippen LogP contribution in [0.2, 0.25) is 0 Å². The number of carbonyl (C=O) groups is 1. The Labute approximate surface area is 154 Å². The fraction of sp³-hybridized carbons (Fsp3) is 0.350. The Morgan fingerprint density at radius 3 is 2.31 bits per heavy atom. The molecule has 0 bridgehead atoms. The van der Waals surface area contributed by atoms with Crippen molar-refractivity contribution >= 4 is 11.7 Å². The van der Waals surface area contributed by atoms with Crippen molar-refractivity contribution in [3.8, 4) is 17.2 Å². The summed E-state index contributed by atoms with van der Waals surface area (Å²) in [4.78, 5) is 12.0. The fourth-order valence-corrected chi connectivity index (χ4v) is 2.29. The molecule has 0 aromatic heterocycles. The lowest BCUT2D eigenvalue weighted by molar-refractivity contribution is 0.234. The first-order valence-electron chi connectivity index (χ1n) is 8.68. The van der Waals surface area contributed by atoms with E-state index in [2.05, 4.69) is 10.6 Å². The zero-order valence-electron chi connectivity index (χ0n) is 15.7. The number of anilines is 1. The molecule has 0 unspecified atom stereocenters. The van der Waals surface area contributed by atoms with E-state index in [0.29, 0.717) is 36.1 Å². The number of aryl methyl sites for hydroxylation is 2. The van der Waals surface area contributed by atoms with Gasteiger partial charge >= 0.3 is 6.03 Å². The summed E-state index contributed by atoms with van der Waals surface area (Å²) in [5.74, 6) is 1.96. The van der Waals surface area contributed by atoms with Crippen LogP contribution in [0.4, 0.5) is 10.5 Å². The molecule has 2 N–H and O–H groups in total. The van der Waals surface area contributed by atoms with Gasteiger partial charge in [-0.1, -0.05) is 6.07 Å². The van der Waals surface area contributed by atoms with E-state index in [1.54, 1.807) is 18.2 Å². The minimum atomic E-state index is -0.361. The van der Waals surface area contributed by atoms with Crippen LogP contribution in [0.15, 0.2) is 36.4 Å². The van der Waals surface area contributed by atoms with Crippen LogP contribution in [-0.2, 0) is 0 Å². The number of carbonyl (C=O) groups excluding carboxylic acids is 1. The van der Waals surface area contributed by atoms with E-state index in [9.17, 15) is 4.79 Å². The third-order valence-corrected chi connectivity index (χ3v) is 3.75. The molecule has 26 heavy (non-hydrogen) atoms. The lowest BCUT2D eigenvalue weighted by Gasteiger charge is -2.14. The van der Waals surface area contributed by atoms with Gasteiger partial charge in [0, 0.05) is 11.8 Å². The molecule has 0 saturated carbocycles. The summed E-state index contributed by atoms with van der Waals surface area (Å²) in [6.07, 6.45) is 0. The maximum Gasteiger partial charge on any atom is 0.321 e. The summed E-state index contributed by atoms with van der Waals surface area (Å²) in [5.41, 5.74) is 2.95. The molecule has 0 atom stereocenters. The van der Waals surface area contributed by atoms with Crippen molar-refractivity contribution < 1.29 is 19.0 Å². The van der Waals surface area contributed by atoms with Gasteiger partial charge in [0.15, 0.2) is 18.2 Å². The number of hydrogen-bond donors (Lipinski definition) is 2. The molecule has 6 heteroatoms. The average Bonchev–Trinajstić information content (AvgIpc) is 2.61. The van der Waals surface area contributed by atoms with Gasteiger partial charge in [0.2, 0.25) is 0 Å². The molecule has 2 rings (SSSR count). The molecule has 0 heterocycles. The van der Waals surface area contributed by atoms with Gasteiger partial charge in [0.05, 0.1) is 13.2 Å². The highest BCUT2D eigenvalue weighted by Gasteiger charge is 2.08. The molecule has 0 saturated heterocycles. The quantitative estimate of drug-likeness (QED) is 0.692. The van der Waals surface area contributed by atoms with E-state index in [0.717, 1.165) is 5.56 Å². The number of urea groups is 1. The molecular weight excluding hydrogens is 332 g/mol. The van der Waals surface area contributed by atoms with Crippen LogP contribution >= 0.6 is 0 Å². The minimum Gasteiger partial charge on any atom is -0.490 e. The molecule has 0 aliphatic heterocycles. The standard InChI is InChI=1S/C20H26N2O4/c1-5-24-18-10-8-16(12-19(18)25-6-2)22-20(23)21-13-26-17-9-7-14(3)15(4)11-17/h7-12H,5-6,13H2,1-4H3,(H2,21,22,23). The smallest absolute Gasteiger partial charge is 0.321 e. The number of benzene rings is 2. The molecular formula is C20H26N2O4. The van der Waals surface area contributed by atoms with E-state index in [-0.39, 0.29) is 12.8 Å². The first-order valence-corrected chi connectivity index (χ1v) is 8.68. The molecule has 0 aliphatic rings. The summed E-state index contributed by atoms with van der Waals surface area (Å²) in [7, 11) is 0. The Hall–Kier alpha value is -2.89. The predicted molar refractivity (Wildman–Crippen MR) is 102 cm³/mol. The lowest BCUT2D eigenvalue weighted by Crippen LogP contribution is -2.32. The molecule has 140 valence electrons. The summed E-state index contributed by atoms with van der Waals surface area (Å²) < 4.78 is 16.6. The zero-order valence-corrected chi connectivity index (χ0v) is 15.7. The van der Waals surface area contributed by atoms with Crippen LogP contribution < -0.4 is 24.8 Å². The number of amides is 2. The molecule has 0 aliphatic carbocycles. The van der Waals surface area contributed by atoms with Crippen molar-refractivity contribution in [2.75, 3.05) is 25.3 Å². The van der Waals surface area contributed by atoms with Crippen molar-refractivity contribution in [1.29, 1.82) is 0 Å². The third kappa shape index (κ3) is 5.58. The Kier molecular flexibility index (Phi) is 7.14. The Morgan fingerprint density at radius 1 is 0.885 bits per heavy atom. The van der Waals surface area contributed by atoms with Crippen LogP contribution in [0, 0.1) is 13.8 Å². The van der Waals surface area contributed by atoms with Crippen LogP contribution in [0.3, 0.4) is 0 Å². The van der Waals surface area contributed by atoms with Crippen LogP contribution in [0.5, 0.6) is 17.2 Å². The predicted octanol–water partition coefficient (Wildman–Crippen LogP) is 4.26. The third-order valence-electron chi connectivity index (χ3n) is 3.75. The van der Waals surface area contributed by atoms with Gasteiger partial charge in [-0.25, -0.2) is 4.79 Å². The van der Waals surface area contributed by atoms with Crippen molar-refractivity contribution in [2.24, 2.45) is 0 Å². The van der Waals surface area contributed by atoms with Gasteiger partial charge in [-0.3, -0.25) is 0 Å². The number of nitrogens with one attached hydrogen (secondary N) is 2. The van der Waals surface area contributed by atoms with Gasteiger partial charge in [0.25, 0.3) is 0 Å². The number of hydrogen-bond acceptors (Lipinski definition) is 4. The molecule has 6 nitrogen and oxygen atoms in total. The average molecular weight is 358 g/mol. The molecule has 2 aromatic carbocycles. The van der Waals surface area contributed by atoms with Gasteiger partial charge in [-0.05, 0) is 63.1 Å². The Balaban J connectivity index is 1.88. The van der Waals surface area contributed by atoms with Crippen molar-refractivity contribution in [2.45, 2.75) is 27.7 Å². The Bertz CT molecular complexity index is 747. The summed E-state index contributed by atoms with van der Waals surface area (Å²) >= 11 is 0. The normalized spacial score (nSPS) is 10.2. The Morgan fingerprint density at radius 2 is 1.62 bits per heavy atom. The van der Waals surface area contributed by atoms with E-state index >= 15 is 0 Å². The highest BCUT2D eigenvalue weighted by Crippen LogP contribution is 2.30. The SMILES string of the molecule is CCOc1ccc(NC(=O)NCOc2ccc(C)c(C)c2)cc1OCC. The van der Waals surface area contributed by atoms with E-state index in [1.807, 2.05) is 45.9 Å². The first kappa shape index (κ1) is 19.4. The highest BCUT2D eigenvalue weighted by molar-refractivity contribution is 5.89. The van der Waals surface area contributed by atoms with Crippen molar-refractivity contribution in [3.63, 3.8) is 0 Å².